The van der Waals surface area contributed by atoms with Gasteiger partial charge >= 0.3 is 0 Å². The summed E-state index contributed by atoms with van der Waals surface area (Å²) in [4.78, 5) is 16.2. The molecule has 116 valence electrons. The molecule has 2 rings (SSSR count). The Kier molecular flexibility index (Phi) is 4.96. The SMILES string of the molecule is CC(C)(O)CN1CCN(C(=O)Cc2cccc(F)c2)CC1. The van der Waals surface area contributed by atoms with Crippen LogP contribution >= 0.6 is 0 Å². The number of aliphatic hydroxyl groups is 1. The Morgan fingerprint density at radius 1 is 1.29 bits per heavy atom. The highest BCUT2D eigenvalue weighted by Crippen LogP contribution is 2.11. The molecule has 1 N–H and O–H groups in total. The van der Waals surface area contributed by atoms with Crippen LogP contribution in [0.4, 0.5) is 4.39 Å². The number of hydrogen-bond donors (Lipinski definition) is 1. The smallest absolute Gasteiger partial charge is 0.227 e. The second kappa shape index (κ2) is 6.54. The van der Waals surface area contributed by atoms with E-state index in [1.807, 2.05) is 4.90 Å². The molecular weight excluding hydrogens is 271 g/mol. The van der Waals surface area contributed by atoms with Gasteiger partial charge in [-0.3, -0.25) is 9.69 Å². The van der Waals surface area contributed by atoms with Crippen LogP contribution in [-0.4, -0.2) is 59.1 Å². The lowest BCUT2D eigenvalue weighted by molar-refractivity contribution is -0.132. The lowest BCUT2D eigenvalue weighted by Crippen LogP contribution is -2.52. The monoisotopic (exact) mass is 294 g/mol. The molecule has 1 amide bonds. The zero-order valence-corrected chi connectivity index (χ0v) is 12.7. The molecule has 0 aliphatic carbocycles. The summed E-state index contributed by atoms with van der Waals surface area (Å²) < 4.78 is 13.1. The molecule has 0 saturated carbocycles. The summed E-state index contributed by atoms with van der Waals surface area (Å²) in [6, 6.07) is 6.18. The van der Waals surface area contributed by atoms with E-state index in [2.05, 4.69) is 4.90 Å². The number of benzene rings is 1. The molecule has 21 heavy (non-hydrogen) atoms. The van der Waals surface area contributed by atoms with Crippen molar-refractivity contribution in [3.05, 3.63) is 35.6 Å². The second-order valence-corrected chi connectivity index (χ2v) is 6.28. The highest BCUT2D eigenvalue weighted by molar-refractivity contribution is 5.78. The van der Waals surface area contributed by atoms with Crippen molar-refractivity contribution in [1.29, 1.82) is 0 Å². The number of amides is 1. The maximum atomic E-state index is 13.1. The second-order valence-electron chi connectivity index (χ2n) is 6.28. The highest BCUT2D eigenvalue weighted by Gasteiger charge is 2.24. The number of halogens is 1. The first-order valence-electron chi connectivity index (χ1n) is 7.30. The fourth-order valence-corrected chi connectivity index (χ4v) is 2.64. The van der Waals surface area contributed by atoms with E-state index < -0.39 is 5.60 Å². The van der Waals surface area contributed by atoms with Crippen molar-refractivity contribution >= 4 is 5.91 Å². The van der Waals surface area contributed by atoms with E-state index in [0.717, 1.165) is 13.1 Å². The Hall–Kier alpha value is -1.46. The van der Waals surface area contributed by atoms with Crippen LogP contribution in [0.3, 0.4) is 0 Å². The van der Waals surface area contributed by atoms with Crippen molar-refractivity contribution in [2.45, 2.75) is 25.9 Å². The van der Waals surface area contributed by atoms with E-state index in [1.165, 1.54) is 12.1 Å². The normalized spacial score (nSPS) is 17.0. The van der Waals surface area contributed by atoms with E-state index >= 15 is 0 Å². The predicted molar refractivity (Wildman–Crippen MR) is 79.4 cm³/mol. The molecule has 1 aromatic carbocycles. The number of carbonyl (C=O) groups is 1. The first kappa shape index (κ1) is 15.9. The molecule has 1 heterocycles. The van der Waals surface area contributed by atoms with Crippen molar-refractivity contribution < 1.29 is 14.3 Å². The number of hydrogen-bond acceptors (Lipinski definition) is 3. The average Bonchev–Trinajstić information content (AvgIpc) is 2.37. The van der Waals surface area contributed by atoms with E-state index in [4.69, 9.17) is 0 Å². The third-order valence-corrected chi connectivity index (χ3v) is 3.58. The molecule has 0 radical (unpaired) electrons. The van der Waals surface area contributed by atoms with Gasteiger partial charge in [-0.1, -0.05) is 12.1 Å². The minimum Gasteiger partial charge on any atom is -0.389 e. The van der Waals surface area contributed by atoms with Crippen molar-refractivity contribution in [3.8, 4) is 0 Å². The van der Waals surface area contributed by atoms with Crippen LogP contribution in [0, 0.1) is 5.82 Å². The van der Waals surface area contributed by atoms with Gasteiger partial charge in [-0.15, -0.1) is 0 Å². The summed E-state index contributed by atoms with van der Waals surface area (Å²) in [6.45, 7) is 7.02. The van der Waals surface area contributed by atoms with E-state index in [-0.39, 0.29) is 18.1 Å². The fraction of sp³-hybridized carbons (Fsp3) is 0.562. The van der Waals surface area contributed by atoms with E-state index in [9.17, 15) is 14.3 Å². The third kappa shape index (κ3) is 5.10. The molecule has 1 aromatic rings. The molecule has 5 heteroatoms. The predicted octanol–water partition coefficient (Wildman–Crippen LogP) is 1.28. The maximum absolute atomic E-state index is 13.1. The van der Waals surface area contributed by atoms with Crippen LogP contribution in [0.1, 0.15) is 19.4 Å². The maximum Gasteiger partial charge on any atom is 0.227 e. The minimum atomic E-state index is -0.715. The molecule has 0 spiro atoms. The fourth-order valence-electron chi connectivity index (χ4n) is 2.64. The van der Waals surface area contributed by atoms with Crippen LogP contribution in [0.2, 0.25) is 0 Å². The van der Waals surface area contributed by atoms with Gasteiger partial charge in [0.15, 0.2) is 0 Å². The quantitative estimate of drug-likeness (QED) is 0.910. The standard InChI is InChI=1S/C16H23FN2O2/c1-16(2,21)12-18-6-8-19(9-7-18)15(20)11-13-4-3-5-14(17)10-13/h3-5,10,21H,6-9,11-12H2,1-2H3. The van der Waals surface area contributed by atoms with Crippen LogP contribution < -0.4 is 0 Å². The topological polar surface area (TPSA) is 43.8 Å². The van der Waals surface area contributed by atoms with Crippen molar-refractivity contribution in [1.82, 2.24) is 9.80 Å². The van der Waals surface area contributed by atoms with Crippen molar-refractivity contribution in [2.24, 2.45) is 0 Å². The molecule has 0 bridgehead atoms. The molecule has 1 aliphatic rings. The highest BCUT2D eigenvalue weighted by atomic mass is 19.1. The van der Waals surface area contributed by atoms with Crippen LogP contribution in [0.15, 0.2) is 24.3 Å². The number of carbonyl (C=O) groups excluding carboxylic acids is 1. The van der Waals surface area contributed by atoms with Crippen molar-refractivity contribution in [2.75, 3.05) is 32.7 Å². The van der Waals surface area contributed by atoms with Gasteiger partial charge in [0, 0.05) is 32.7 Å². The zero-order valence-electron chi connectivity index (χ0n) is 12.7. The summed E-state index contributed by atoms with van der Waals surface area (Å²) in [6.07, 6.45) is 0.239. The summed E-state index contributed by atoms with van der Waals surface area (Å²) in [5, 5.41) is 9.81. The molecule has 0 unspecified atom stereocenters. The number of rotatable bonds is 4. The third-order valence-electron chi connectivity index (χ3n) is 3.58. The van der Waals surface area contributed by atoms with Gasteiger partial charge in [0.1, 0.15) is 5.82 Å². The molecule has 0 atom stereocenters. The number of piperazine rings is 1. The van der Waals surface area contributed by atoms with Crippen LogP contribution in [0.5, 0.6) is 0 Å². The summed E-state index contributed by atoms with van der Waals surface area (Å²) >= 11 is 0. The molecule has 0 aromatic heterocycles. The lowest BCUT2D eigenvalue weighted by Gasteiger charge is -2.37. The average molecular weight is 294 g/mol. The van der Waals surface area contributed by atoms with Gasteiger partial charge in [-0.25, -0.2) is 4.39 Å². The Morgan fingerprint density at radius 3 is 2.52 bits per heavy atom. The van der Waals surface area contributed by atoms with Gasteiger partial charge < -0.3 is 10.0 Å². The van der Waals surface area contributed by atoms with Gasteiger partial charge in [-0.05, 0) is 31.5 Å². The molecule has 1 fully saturated rings. The van der Waals surface area contributed by atoms with Crippen molar-refractivity contribution in [3.63, 3.8) is 0 Å². The molecular formula is C16H23FN2O2. The first-order valence-corrected chi connectivity index (χ1v) is 7.30. The lowest BCUT2D eigenvalue weighted by atomic mass is 10.1. The number of nitrogens with zero attached hydrogens (tertiary/aromatic N) is 2. The van der Waals surface area contributed by atoms with E-state index in [0.29, 0.717) is 25.2 Å². The Morgan fingerprint density at radius 2 is 1.95 bits per heavy atom. The largest absolute Gasteiger partial charge is 0.389 e. The Labute approximate surface area is 125 Å². The van der Waals surface area contributed by atoms with Gasteiger partial charge in [0.2, 0.25) is 5.91 Å². The Balaban J connectivity index is 1.83. The first-order chi connectivity index (χ1) is 9.83. The molecule has 1 aliphatic heterocycles. The Bertz CT molecular complexity index is 491. The number of β-amino-alcohol motifs (C(OH)–C–C–N with tert-alkyl or cyclic N) is 1. The minimum absolute atomic E-state index is 0.0310. The van der Waals surface area contributed by atoms with Gasteiger partial charge in [0.25, 0.3) is 0 Å². The van der Waals surface area contributed by atoms with Crippen LogP contribution in [-0.2, 0) is 11.2 Å². The summed E-state index contributed by atoms with van der Waals surface area (Å²) in [5.74, 6) is -0.279. The summed E-state index contributed by atoms with van der Waals surface area (Å²) in [5.41, 5.74) is -0.00720. The van der Waals surface area contributed by atoms with Gasteiger partial charge in [0.05, 0.1) is 12.0 Å². The molecule has 4 nitrogen and oxygen atoms in total. The summed E-state index contributed by atoms with van der Waals surface area (Å²) in [7, 11) is 0. The van der Waals surface area contributed by atoms with Crippen LogP contribution in [0.25, 0.3) is 0 Å². The zero-order chi connectivity index (χ0) is 15.5. The molecule has 1 saturated heterocycles. The van der Waals surface area contributed by atoms with Gasteiger partial charge in [-0.2, -0.15) is 0 Å². The van der Waals surface area contributed by atoms with E-state index in [1.54, 1.807) is 26.0 Å².